The van der Waals surface area contributed by atoms with E-state index in [9.17, 15) is 18.0 Å². The van der Waals surface area contributed by atoms with Crippen LogP contribution < -0.4 is 10.1 Å². The molecule has 1 aromatic heterocycles. The molecule has 7 nitrogen and oxygen atoms in total. The number of benzene rings is 1. The molecule has 0 radical (unpaired) electrons. The van der Waals surface area contributed by atoms with Gasteiger partial charge < -0.3 is 14.8 Å². The molecule has 1 atom stereocenters. The maximum atomic E-state index is 12.4. The molecule has 1 aromatic carbocycles. The number of thioether (sulfide) groups is 1. The number of carbonyl (C=O) groups is 1. The van der Waals surface area contributed by atoms with Crippen molar-refractivity contribution in [1.82, 2.24) is 15.1 Å². The zero-order valence-electron chi connectivity index (χ0n) is 15.8. The molecule has 0 fully saturated rings. The fourth-order valence-corrected chi connectivity index (χ4v) is 2.90. The molecular weight excluding hydrogens is 409 g/mol. The third-order valence-electron chi connectivity index (χ3n) is 3.61. The number of amides is 1. The first-order valence-electron chi connectivity index (χ1n) is 8.24. The lowest BCUT2D eigenvalue weighted by Crippen LogP contribution is -2.34. The molecule has 2 aromatic rings. The summed E-state index contributed by atoms with van der Waals surface area (Å²) in [6, 6.07) is 7.17. The number of carbonyl (C=O) groups excluding carboxylic acids is 1. The lowest BCUT2D eigenvalue weighted by Gasteiger charge is -2.14. The fraction of sp³-hybridized carbons (Fsp3) is 0.278. The highest BCUT2D eigenvalue weighted by Gasteiger charge is 2.29. The number of ether oxygens (including phenoxy) is 2. The van der Waals surface area contributed by atoms with Gasteiger partial charge in [0.15, 0.2) is 6.10 Å². The van der Waals surface area contributed by atoms with Crippen LogP contribution in [0.2, 0.25) is 0 Å². The number of nitrogens with one attached hydrogen (secondary N) is 2. The largest absolute Gasteiger partial charge is 0.446 e. The molecule has 0 aliphatic carbocycles. The number of hydrogen-bond donors (Lipinski definition) is 2. The van der Waals surface area contributed by atoms with Crippen LogP contribution in [0.3, 0.4) is 0 Å². The van der Waals surface area contributed by atoms with Gasteiger partial charge in [-0.2, -0.15) is 13.2 Å². The SMILES string of the molecule is CNC(=O)C(OC)/C(C)=C\C(=N)Oc1ccn(-c2ccc(SC(F)(F)F)cc2)n1. The topological polar surface area (TPSA) is 89.2 Å². The Balaban J connectivity index is 2.05. The summed E-state index contributed by atoms with van der Waals surface area (Å²) in [4.78, 5) is 11.8. The second-order valence-electron chi connectivity index (χ2n) is 5.72. The lowest BCUT2D eigenvalue weighted by molar-refractivity contribution is -0.128. The summed E-state index contributed by atoms with van der Waals surface area (Å²) in [7, 11) is 2.85. The van der Waals surface area contributed by atoms with Crippen LogP contribution in [0.4, 0.5) is 13.2 Å². The maximum Gasteiger partial charge on any atom is 0.446 e. The molecule has 0 aliphatic rings. The number of hydrogen-bond acceptors (Lipinski definition) is 6. The summed E-state index contributed by atoms with van der Waals surface area (Å²) in [6.07, 6.45) is 2.04. The third-order valence-corrected chi connectivity index (χ3v) is 4.35. The third kappa shape index (κ3) is 6.64. The van der Waals surface area contributed by atoms with Gasteiger partial charge in [0.05, 0.1) is 5.69 Å². The Labute approximate surface area is 169 Å². The van der Waals surface area contributed by atoms with Crippen molar-refractivity contribution in [2.75, 3.05) is 14.2 Å². The van der Waals surface area contributed by atoms with Gasteiger partial charge >= 0.3 is 5.51 Å². The first-order chi connectivity index (χ1) is 13.6. The zero-order chi connectivity index (χ0) is 21.6. The molecular formula is C18H19F3N4O3S. The molecule has 0 aliphatic heterocycles. The van der Waals surface area contributed by atoms with E-state index in [1.165, 1.54) is 55.2 Å². The first kappa shape index (κ1) is 22.5. The van der Waals surface area contributed by atoms with Crippen LogP contribution in [0.25, 0.3) is 5.69 Å². The molecule has 11 heteroatoms. The van der Waals surface area contributed by atoms with Crippen molar-refractivity contribution in [2.24, 2.45) is 0 Å². The van der Waals surface area contributed by atoms with Crippen LogP contribution in [0, 0.1) is 5.41 Å². The van der Waals surface area contributed by atoms with E-state index in [4.69, 9.17) is 14.9 Å². The smallest absolute Gasteiger partial charge is 0.420 e. The molecule has 29 heavy (non-hydrogen) atoms. The lowest BCUT2D eigenvalue weighted by atomic mass is 10.1. The van der Waals surface area contributed by atoms with Gasteiger partial charge in [0.1, 0.15) is 0 Å². The molecule has 0 saturated heterocycles. The molecule has 0 spiro atoms. The number of likely N-dealkylation sites (N-methyl/N-ethyl adjacent to an activating group) is 1. The van der Waals surface area contributed by atoms with Crippen LogP contribution in [0.15, 0.2) is 53.1 Å². The molecule has 2 rings (SSSR count). The van der Waals surface area contributed by atoms with Crippen molar-refractivity contribution < 1.29 is 27.4 Å². The molecule has 0 saturated carbocycles. The summed E-state index contributed by atoms with van der Waals surface area (Å²) in [5.41, 5.74) is -3.35. The minimum Gasteiger partial charge on any atom is -0.420 e. The van der Waals surface area contributed by atoms with E-state index >= 15 is 0 Å². The van der Waals surface area contributed by atoms with Crippen LogP contribution in [0.5, 0.6) is 5.88 Å². The minimum atomic E-state index is -4.35. The summed E-state index contributed by atoms with van der Waals surface area (Å²) in [5.74, 6) is -0.497. The van der Waals surface area contributed by atoms with Crippen molar-refractivity contribution in [1.29, 1.82) is 5.41 Å². The molecule has 1 unspecified atom stereocenters. The Morgan fingerprint density at radius 2 is 1.97 bits per heavy atom. The van der Waals surface area contributed by atoms with Crippen LogP contribution in [0.1, 0.15) is 6.92 Å². The molecule has 1 heterocycles. The van der Waals surface area contributed by atoms with Crippen LogP contribution in [-0.2, 0) is 9.53 Å². The van der Waals surface area contributed by atoms with Gasteiger partial charge in [-0.25, -0.2) is 4.68 Å². The Bertz CT molecular complexity index is 895. The number of methoxy groups -OCH3 is 1. The van der Waals surface area contributed by atoms with E-state index in [1.54, 1.807) is 13.1 Å². The minimum absolute atomic E-state index is 0.0658. The normalized spacial score (nSPS) is 13.1. The van der Waals surface area contributed by atoms with Crippen LogP contribution >= 0.6 is 11.8 Å². The number of nitrogens with zero attached hydrogens (tertiary/aromatic N) is 2. The van der Waals surface area contributed by atoms with Crippen molar-refractivity contribution in [2.45, 2.75) is 23.4 Å². The summed E-state index contributed by atoms with van der Waals surface area (Å²) in [5, 5.41) is 14.5. The van der Waals surface area contributed by atoms with Crippen molar-refractivity contribution in [3.05, 3.63) is 48.2 Å². The van der Waals surface area contributed by atoms with E-state index in [2.05, 4.69) is 10.4 Å². The maximum absolute atomic E-state index is 12.4. The monoisotopic (exact) mass is 428 g/mol. The number of halogens is 3. The predicted octanol–water partition coefficient (Wildman–Crippen LogP) is 3.55. The van der Waals surface area contributed by atoms with E-state index in [1.807, 2.05) is 0 Å². The first-order valence-corrected chi connectivity index (χ1v) is 9.05. The second kappa shape index (κ2) is 9.61. The van der Waals surface area contributed by atoms with E-state index < -0.39 is 11.6 Å². The highest BCUT2D eigenvalue weighted by Crippen LogP contribution is 2.36. The Hall–Kier alpha value is -2.79. The summed E-state index contributed by atoms with van der Waals surface area (Å²) >= 11 is -0.196. The summed E-state index contributed by atoms with van der Waals surface area (Å²) < 4.78 is 49.0. The number of rotatable bonds is 7. The summed E-state index contributed by atoms with van der Waals surface area (Å²) in [6.45, 7) is 1.63. The van der Waals surface area contributed by atoms with E-state index in [-0.39, 0.29) is 34.3 Å². The predicted molar refractivity (Wildman–Crippen MR) is 102 cm³/mol. The van der Waals surface area contributed by atoms with Crippen molar-refractivity contribution in [3.8, 4) is 11.6 Å². The van der Waals surface area contributed by atoms with Crippen LogP contribution in [-0.4, -0.2) is 47.4 Å². The molecule has 1 amide bonds. The van der Waals surface area contributed by atoms with Gasteiger partial charge in [0.2, 0.25) is 11.8 Å². The number of aromatic nitrogens is 2. The van der Waals surface area contributed by atoms with Gasteiger partial charge in [0, 0.05) is 37.4 Å². The van der Waals surface area contributed by atoms with Gasteiger partial charge in [-0.3, -0.25) is 10.2 Å². The van der Waals surface area contributed by atoms with Gasteiger partial charge in [-0.05, 0) is 48.5 Å². The molecule has 0 bridgehead atoms. The standard InChI is InChI=1S/C18H19F3N4O3S/c1-11(16(27-3)17(26)23-2)10-14(22)28-15-8-9-25(24-15)12-4-6-13(7-5-12)29-18(19,20)21/h4-10,16,22H,1-3H3,(H,23,26)/b11-10-,22-14?. The Morgan fingerprint density at radius 1 is 1.31 bits per heavy atom. The van der Waals surface area contributed by atoms with Gasteiger partial charge in [0.25, 0.3) is 5.91 Å². The number of alkyl halides is 3. The van der Waals surface area contributed by atoms with Gasteiger partial charge in [-0.1, -0.05) is 0 Å². The van der Waals surface area contributed by atoms with Crippen molar-refractivity contribution in [3.63, 3.8) is 0 Å². The van der Waals surface area contributed by atoms with Gasteiger partial charge in [-0.15, -0.1) is 5.10 Å². The van der Waals surface area contributed by atoms with Crippen molar-refractivity contribution >= 4 is 23.6 Å². The zero-order valence-corrected chi connectivity index (χ0v) is 16.6. The molecule has 2 N–H and O–H groups in total. The van der Waals surface area contributed by atoms with E-state index in [0.717, 1.165) is 0 Å². The fourth-order valence-electron chi connectivity index (χ4n) is 2.36. The quantitative estimate of drug-likeness (QED) is 0.400. The average molecular weight is 428 g/mol. The molecule has 156 valence electrons. The van der Waals surface area contributed by atoms with E-state index in [0.29, 0.717) is 11.3 Å². The Kier molecular flexibility index (Phi) is 7.46. The highest BCUT2D eigenvalue weighted by molar-refractivity contribution is 8.00. The highest BCUT2D eigenvalue weighted by atomic mass is 32.2. The second-order valence-corrected chi connectivity index (χ2v) is 6.86. The average Bonchev–Trinajstić information content (AvgIpc) is 3.09. The Morgan fingerprint density at radius 3 is 2.52 bits per heavy atom.